The minimum absolute atomic E-state index is 0.0349. The van der Waals surface area contributed by atoms with Gasteiger partial charge in [-0.05, 0) is 19.3 Å². The molecule has 0 spiro atoms. The molecule has 1 atom stereocenters. The SMILES string of the molecule is CCCCCCC1(CC)OC(=O)CS1. The Bertz CT molecular complexity index is 194. The van der Waals surface area contributed by atoms with E-state index in [4.69, 9.17) is 4.74 Å². The normalized spacial score (nSPS) is 26.6. The molecule has 82 valence electrons. The van der Waals surface area contributed by atoms with Crippen LogP contribution in [0.25, 0.3) is 0 Å². The minimum atomic E-state index is -0.176. The van der Waals surface area contributed by atoms with Gasteiger partial charge in [0.1, 0.15) is 0 Å². The largest absolute Gasteiger partial charge is 0.447 e. The molecule has 0 aromatic heterocycles. The van der Waals surface area contributed by atoms with Crippen molar-refractivity contribution in [2.45, 2.75) is 57.3 Å². The molecule has 0 saturated carbocycles. The second kappa shape index (κ2) is 5.64. The molecule has 1 heterocycles. The Balaban J connectivity index is 2.28. The van der Waals surface area contributed by atoms with Gasteiger partial charge in [-0.15, -0.1) is 11.8 Å². The van der Waals surface area contributed by atoms with Crippen LogP contribution < -0.4 is 0 Å². The van der Waals surface area contributed by atoms with Crippen molar-refractivity contribution < 1.29 is 9.53 Å². The maximum Gasteiger partial charge on any atom is 0.317 e. The molecule has 0 bridgehead atoms. The summed E-state index contributed by atoms with van der Waals surface area (Å²) in [5.41, 5.74) is 0. The molecule has 14 heavy (non-hydrogen) atoms. The predicted octanol–water partition coefficient (Wildman–Crippen LogP) is 3.35. The average molecular weight is 216 g/mol. The molecule has 0 aromatic rings. The van der Waals surface area contributed by atoms with E-state index in [1.807, 2.05) is 0 Å². The van der Waals surface area contributed by atoms with E-state index >= 15 is 0 Å². The Kier molecular flexibility index (Phi) is 4.79. The number of unbranched alkanes of at least 4 members (excludes halogenated alkanes) is 3. The molecule has 1 saturated heterocycles. The third-order valence-electron chi connectivity index (χ3n) is 2.70. The van der Waals surface area contributed by atoms with Crippen LogP contribution >= 0.6 is 11.8 Å². The summed E-state index contributed by atoms with van der Waals surface area (Å²) < 4.78 is 5.40. The van der Waals surface area contributed by atoms with Crippen molar-refractivity contribution in [2.24, 2.45) is 0 Å². The van der Waals surface area contributed by atoms with Crippen LogP contribution in [0.3, 0.4) is 0 Å². The van der Waals surface area contributed by atoms with Gasteiger partial charge in [0.05, 0.1) is 5.75 Å². The van der Waals surface area contributed by atoms with Crippen molar-refractivity contribution in [3.8, 4) is 0 Å². The summed E-state index contributed by atoms with van der Waals surface area (Å²) in [4.78, 5) is 10.9. The molecule has 1 rings (SSSR count). The van der Waals surface area contributed by atoms with E-state index in [2.05, 4.69) is 13.8 Å². The highest BCUT2D eigenvalue weighted by Gasteiger charge is 2.38. The van der Waals surface area contributed by atoms with Gasteiger partial charge >= 0.3 is 5.97 Å². The first kappa shape index (κ1) is 11.9. The maximum atomic E-state index is 11.1. The molecule has 0 radical (unpaired) electrons. The third-order valence-corrected chi connectivity index (χ3v) is 4.19. The molecule has 1 fully saturated rings. The first-order valence-corrected chi connectivity index (χ1v) is 6.57. The van der Waals surface area contributed by atoms with Gasteiger partial charge in [-0.25, -0.2) is 0 Å². The molecule has 0 N–H and O–H groups in total. The van der Waals surface area contributed by atoms with Crippen LogP contribution in [0.2, 0.25) is 0 Å². The monoisotopic (exact) mass is 216 g/mol. The van der Waals surface area contributed by atoms with Crippen LogP contribution in [-0.2, 0) is 9.53 Å². The van der Waals surface area contributed by atoms with Crippen LogP contribution in [-0.4, -0.2) is 16.7 Å². The maximum absolute atomic E-state index is 11.1. The number of cyclic esters (lactones) is 1. The Labute approximate surface area is 90.8 Å². The fraction of sp³-hybridized carbons (Fsp3) is 0.909. The molecule has 0 aromatic carbocycles. The number of hydrogen-bond donors (Lipinski definition) is 0. The summed E-state index contributed by atoms with van der Waals surface area (Å²) in [6.07, 6.45) is 6.96. The van der Waals surface area contributed by atoms with Crippen molar-refractivity contribution in [2.75, 3.05) is 5.75 Å². The summed E-state index contributed by atoms with van der Waals surface area (Å²) in [6.45, 7) is 4.31. The lowest BCUT2D eigenvalue weighted by Gasteiger charge is -2.24. The highest BCUT2D eigenvalue weighted by atomic mass is 32.2. The Hall–Kier alpha value is -0.180. The second-order valence-corrected chi connectivity index (χ2v) is 5.16. The van der Waals surface area contributed by atoms with Gasteiger partial charge in [0.25, 0.3) is 0 Å². The number of hydrogen-bond acceptors (Lipinski definition) is 3. The molecule has 1 aliphatic heterocycles. The van der Waals surface area contributed by atoms with E-state index in [9.17, 15) is 4.79 Å². The average Bonchev–Trinajstić information content (AvgIpc) is 2.56. The van der Waals surface area contributed by atoms with Gasteiger partial charge < -0.3 is 4.74 Å². The van der Waals surface area contributed by atoms with E-state index in [1.54, 1.807) is 11.8 Å². The number of rotatable bonds is 6. The van der Waals surface area contributed by atoms with E-state index in [0.717, 1.165) is 12.8 Å². The van der Waals surface area contributed by atoms with Crippen LogP contribution in [0, 0.1) is 0 Å². The van der Waals surface area contributed by atoms with Gasteiger partial charge in [0.2, 0.25) is 0 Å². The Morgan fingerprint density at radius 1 is 1.36 bits per heavy atom. The van der Waals surface area contributed by atoms with E-state index < -0.39 is 0 Å². The van der Waals surface area contributed by atoms with Crippen LogP contribution in [0.15, 0.2) is 0 Å². The van der Waals surface area contributed by atoms with Crippen molar-refractivity contribution in [1.82, 2.24) is 0 Å². The molecule has 0 aliphatic carbocycles. The van der Waals surface area contributed by atoms with Gasteiger partial charge in [-0.2, -0.15) is 0 Å². The van der Waals surface area contributed by atoms with Crippen molar-refractivity contribution in [1.29, 1.82) is 0 Å². The predicted molar refractivity (Wildman–Crippen MR) is 60.3 cm³/mol. The van der Waals surface area contributed by atoms with Crippen LogP contribution in [0.5, 0.6) is 0 Å². The van der Waals surface area contributed by atoms with Gasteiger partial charge in [0.15, 0.2) is 4.93 Å². The Morgan fingerprint density at radius 3 is 2.64 bits per heavy atom. The number of carbonyl (C=O) groups excluding carboxylic acids is 1. The lowest BCUT2D eigenvalue weighted by atomic mass is 10.1. The number of carbonyl (C=O) groups is 1. The summed E-state index contributed by atoms with van der Waals surface area (Å²) in [7, 11) is 0. The van der Waals surface area contributed by atoms with Crippen molar-refractivity contribution >= 4 is 17.7 Å². The summed E-state index contributed by atoms with van der Waals surface area (Å²) in [5, 5.41) is 0. The fourth-order valence-electron chi connectivity index (χ4n) is 1.75. The molecule has 2 nitrogen and oxygen atoms in total. The quantitative estimate of drug-likeness (QED) is 0.503. The standard InChI is InChI=1S/C11H20O2S/c1-3-5-6-7-8-11(4-2)13-10(12)9-14-11/h3-9H2,1-2H3. The van der Waals surface area contributed by atoms with Gasteiger partial charge in [0, 0.05) is 0 Å². The first-order valence-electron chi connectivity index (χ1n) is 5.58. The molecular weight excluding hydrogens is 196 g/mol. The minimum Gasteiger partial charge on any atom is -0.447 e. The summed E-state index contributed by atoms with van der Waals surface area (Å²) in [6, 6.07) is 0. The molecule has 3 heteroatoms. The number of ether oxygens (including phenoxy) is 1. The topological polar surface area (TPSA) is 26.3 Å². The van der Waals surface area contributed by atoms with E-state index in [-0.39, 0.29) is 10.9 Å². The summed E-state index contributed by atoms with van der Waals surface area (Å²) >= 11 is 1.68. The zero-order valence-electron chi connectivity index (χ0n) is 9.17. The molecular formula is C11H20O2S. The van der Waals surface area contributed by atoms with Gasteiger partial charge in [-0.1, -0.05) is 33.1 Å². The fourth-order valence-corrected chi connectivity index (χ4v) is 2.84. The molecule has 1 aliphatic rings. The molecule has 1 unspecified atom stereocenters. The number of thioether (sulfide) groups is 1. The zero-order valence-corrected chi connectivity index (χ0v) is 9.99. The number of esters is 1. The highest BCUT2D eigenvalue weighted by molar-refractivity contribution is 8.01. The lowest BCUT2D eigenvalue weighted by molar-refractivity contribution is -0.146. The lowest BCUT2D eigenvalue weighted by Crippen LogP contribution is -2.24. The van der Waals surface area contributed by atoms with Crippen LogP contribution in [0.4, 0.5) is 0 Å². The first-order chi connectivity index (χ1) is 6.72. The summed E-state index contributed by atoms with van der Waals surface area (Å²) in [5.74, 6) is 0.508. The van der Waals surface area contributed by atoms with Crippen molar-refractivity contribution in [3.05, 3.63) is 0 Å². The highest BCUT2D eigenvalue weighted by Crippen LogP contribution is 2.40. The zero-order chi connectivity index (χ0) is 10.4. The second-order valence-electron chi connectivity index (χ2n) is 3.84. The van der Waals surface area contributed by atoms with E-state index in [0.29, 0.717) is 5.75 Å². The third kappa shape index (κ3) is 3.19. The Morgan fingerprint density at radius 2 is 2.14 bits per heavy atom. The van der Waals surface area contributed by atoms with E-state index in [1.165, 1.54) is 25.7 Å². The molecule has 0 amide bonds. The van der Waals surface area contributed by atoms with Crippen molar-refractivity contribution in [3.63, 3.8) is 0 Å². The van der Waals surface area contributed by atoms with Crippen LogP contribution in [0.1, 0.15) is 52.4 Å². The smallest absolute Gasteiger partial charge is 0.317 e. The van der Waals surface area contributed by atoms with Gasteiger partial charge in [-0.3, -0.25) is 4.79 Å².